The molecule has 0 radical (unpaired) electrons. The number of hydrogen-bond acceptors (Lipinski definition) is 2. The van der Waals surface area contributed by atoms with Crippen molar-refractivity contribution in [3.63, 3.8) is 0 Å². The molecule has 0 bridgehead atoms. The van der Waals surface area contributed by atoms with Crippen LogP contribution in [-0.4, -0.2) is 18.8 Å². The van der Waals surface area contributed by atoms with E-state index in [9.17, 15) is 13.2 Å². The first kappa shape index (κ1) is 13.5. The molecule has 0 saturated carbocycles. The van der Waals surface area contributed by atoms with Crippen LogP contribution in [0.4, 0.5) is 13.2 Å². The van der Waals surface area contributed by atoms with Gasteiger partial charge in [-0.25, -0.2) is 0 Å². The van der Waals surface area contributed by atoms with Gasteiger partial charge in [-0.15, -0.1) is 0 Å². The van der Waals surface area contributed by atoms with Gasteiger partial charge in [0.2, 0.25) is 0 Å². The Balaban J connectivity index is 2.39. The Morgan fingerprint density at radius 2 is 2.19 bits per heavy atom. The topological polar surface area (TPSA) is 12.0 Å². The molecule has 1 heterocycles. The number of halogens is 3. The first-order valence-corrected chi connectivity index (χ1v) is 6.26. The number of aryl methyl sites for hydroxylation is 1. The van der Waals surface area contributed by atoms with Gasteiger partial charge < -0.3 is 5.32 Å². The van der Waals surface area contributed by atoms with Crippen molar-refractivity contribution in [2.24, 2.45) is 0 Å². The molecule has 0 aliphatic carbocycles. The maximum atomic E-state index is 12.3. The second-order valence-corrected chi connectivity index (χ2v) is 4.52. The van der Waals surface area contributed by atoms with Gasteiger partial charge in [-0.05, 0) is 41.8 Å². The molecule has 1 nitrogen and oxygen atoms in total. The third-order valence-electron chi connectivity index (χ3n) is 2.33. The van der Waals surface area contributed by atoms with Gasteiger partial charge in [0.05, 0.1) is 6.42 Å². The molecule has 1 atom stereocenters. The number of nitrogens with one attached hydrogen (secondary N) is 1. The van der Waals surface area contributed by atoms with E-state index in [0.717, 1.165) is 5.56 Å². The van der Waals surface area contributed by atoms with E-state index >= 15 is 0 Å². The fourth-order valence-corrected chi connectivity index (χ4v) is 2.32. The van der Waals surface area contributed by atoms with Crippen molar-refractivity contribution in [2.45, 2.75) is 38.4 Å². The molecule has 0 spiro atoms. The molecule has 0 fully saturated rings. The van der Waals surface area contributed by atoms with E-state index in [1.807, 2.05) is 23.8 Å². The van der Waals surface area contributed by atoms with E-state index in [-0.39, 0.29) is 0 Å². The van der Waals surface area contributed by atoms with Crippen molar-refractivity contribution < 1.29 is 13.2 Å². The van der Waals surface area contributed by atoms with Crippen LogP contribution in [0.3, 0.4) is 0 Å². The van der Waals surface area contributed by atoms with Crippen molar-refractivity contribution in [1.29, 1.82) is 0 Å². The maximum absolute atomic E-state index is 12.3. The van der Waals surface area contributed by atoms with E-state index in [1.54, 1.807) is 11.3 Å². The maximum Gasteiger partial charge on any atom is 0.390 e. The van der Waals surface area contributed by atoms with Crippen molar-refractivity contribution in [3.05, 3.63) is 22.4 Å². The Bertz CT molecular complexity index is 282. The van der Waals surface area contributed by atoms with Crippen molar-refractivity contribution in [1.82, 2.24) is 5.32 Å². The second kappa shape index (κ2) is 6.25. The Kier molecular flexibility index (Phi) is 5.28. The zero-order valence-electron chi connectivity index (χ0n) is 9.18. The molecular formula is C11H16F3NS. The standard InChI is InChI=1S/C11H16F3NS/c1-2-15-10(7-11(12,13)14)4-3-9-5-6-16-8-9/h5-6,8,10,15H,2-4,7H2,1H3. The van der Waals surface area contributed by atoms with Gasteiger partial charge in [0.15, 0.2) is 0 Å². The molecule has 0 aromatic carbocycles. The lowest BCUT2D eigenvalue weighted by molar-refractivity contribution is -0.140. The first-order valence-electron chi connectivity index (χ1n) is 5.32. The summed E-state index contributed by atoms with van der Waals surface area (Å²) in [5.74, 6) is 0. The van der Waals surface area contributed by atoms with Crippen LogP contribution in [0.15, 0.2) is 16.8 Å². The van der Waals surface area contributed by atoms with Gasteiger partial charge in [-0.1, -0.05) is 6.92 Å². The molecule has 16 heavy (non-hydrogen) atoms. The van der Waals surface area contributed by atoms with E-state index < -0.39 is 18.6 Å². The van der Waals surface area contributed by atoms with E-state index in [1.165, 1.54) is 0 Å². The highest BCUT2D eigenvalue weighted by atomic mass is 32.1. The van der Waals surface area contributed by atoms with Gasteiger partial charge in [0.1, 0.15) is 0 Å². The smallest absolute Gasteiger partial charge is 0.314 e. The van der Waals surface area contributed by atoms with Gasteiger partial charge in [-0.3, -0.25) is 0 Å². The largest absolute Gasteiger partial charge is 0.390 e. The van der Waals surface area contributed by atoms with E-state index in [4.69, 9.17) is 0 Å². The summed E-state index contributed by atoms with van der Waals surface area (Å²) in [4.78, 5) is 0. The number of thiophene rings is 1. The van der Waals surface area contributed by atoms with Crippen molar-refractivity contribution in [2.75, 3.05) is 6.54 Å². The average molecular weight is 251 g/mol. The predicted octanol–water partition coefficient (Wildman–Crippen LogP) is 3.61. The molecule has 0 aliphatic heterocycles. The molecule has 5 heteroatoms. The summed E-state index contributed by atoms with van der Waals surface area (Å²) < 4.78 is 36.8. The minimum atomic E-state index is -4.08. The van der Waals surface area contributed by atoms with E-state index in [2.05, 4.69) is 5.32 Å². The fraction of sp³-hybridized carbons (Fsp3) is 0.636. The highest BCUT2D eigenvalue weighted by Gasteiger charge is 2.31. The molecule has 1 N–H and O–H groups in total. The molecule has 0 saturated heterocycles. The van der Waals surface area contributed by atoms with Crippen LogP contribution in [0, 0.1) is 0 Å². The summed E-state index contributed by atoms with van der Waals surface area (Å²) in [6.07, 6.45) is -3.59. The average Bonchev–Trinajstić information content (AvgIpc) is 2.64. The lowest BCUT2D eigenvalue weighted by Crippen LogP contribution is -2.34. The van der Waals surface area contributed by atoms with Crippen LogP contribution in [0.25, 0.3) is 0 Å². The Labute approximate surface area is 97.7 Å². The van der Waals surface area contributed by atoms with Crippen LogP contribution in [0.1, 0.15) is 25.3 Å². The SMILES string of the molecule is CCNC(CCc1ccsc1)CC(F)(F)F. The van der Waals surface area contributed by atoms with Crippen LogP contribution in [0.2, 0.25) is 0 Å². The van der Waals surface area contributed by atoms with Crippen LogP contribution in [0.5, 0.6) is 0 Å². The summed E-state index contributed by atoms with van der Waals surface area (Å²) >= 11 is 1.58. The molecule has 1 rings (SSSR count). The van der Waals surface area contributed by atoms with Crippen molar-refractivity contribution in [3.8, 4) is 0 Å². The highest BCUT2D eigenvalue weighted by molar-refractivity contribution is 7.07. The lowest BCUT2D eigenvalue weighted by Gasteiger charge is -2.19. The highest BCUT2D eigenvalue weighted by Crippen LogP contribution is 2.23. The monoisotopic (exact) mass is 251 g/mol. The summed E-state index contributed by atoms with van der Waals surface area (Å²) in [7, 11) is 0. The zero-order valence-corrected chi connectivity index (χ0v) is 10.00. The Morgan fingerprint density at radius 1 is 1.44 bits per heavy atom. The molecule has 92 valence electrons. The second-order valence-electron chi connectivity index (χ2n) is 3.74. The summed E-state index contributed by atoms with van der Waals surface area (Å²) in [6.45, 7) is 2.40. The van der Waals surface area contributed by atoms with Gasteiger partial charge in [0, 0.05) is 6.04 Å². The van der Waals surface area contributed by atoms with Crippen LogP contribution < -0.4 is 5.32 Å². The minimum Gasteiger partial charge on any atom is -0.314 e. The van der Waals surface area contributed by atoms with Gasteiger partial charge >= 0.3 is 6.18 Å². The number of rotatable bonds is 6. The third-order valence-corrected chi connectivity index (χ3v) is 3.06. The molecule has 0 amide bonds. The van der Waals surface area contributed by atoms with Crippen molar-refractivity contribution >= 4 is 11.3 Å². The number of hydrogen-bond donors (Lipinski definition) is 1. The first-order chi connectivity index (χ1) is 7.51. The normalized spacial score (nSPS) is 14.0. The van der Waals surface area contributed by atoms with Crippen LogP contribution >= 0.6 is 11.3 Å². The van der Waals surface area contributed by atoms with Gasteiger partial charge in [0.25, 0.3) is 0 Å². The third kappa shape index (κ3) is 5.51. The molecule has 0 aliphatic rings. The Hall–Kier alpha value is -0.550. The van der Waals surface area contributed by atoms with Crippen LogP contribution in [-0.2, 0) is 6.42 Å². The summed E-state index contributed by atoms with van der Waals surface area (Å²) in [6, 6.07) is 1.49. The van der Waals surface area contributed by atoms with Gasteiger partial charge in [-0.2, -0.15) is 24.5 Å². The summed E-state index contributed by atoms with van der Waals surface area (Å²) in [5, 5.41) is 6.81. The quantitative estimate of drug-likeness (QED) is 0.814. The fourth-order valence-electron chi connectivity index (χ4n) is 1.62. The minimum absolute atomic E-state index is 0.468. The molecule has 1 aromatic rings. The zero-order chi connectivity index (χ0) is 12.0. The predicted molar refractivity (Wildman–Crippen MR) is 60.8 cm³/mol. The van der Waals surface area contributed by atoms with E-state index in [0.29, 0.717) is 19.4 Å². The number of alkyl halides is 3. The molecular weight excluding hydrogens is 235 g/mol. The lowest BCUT2D eigenvalue weighted by atomic mass is 10.0. The molecule has 1 aromatic heterocycles. The summed E-state index contributed by atoms with van der Waals surface area (Å²) in [5.41, 5.74) is 1.12. The Morgan fingerprint density at radius 3 is 2.69 bits per heavy atom. The molecule has 1 unspecified atom stereocenters.